The van der Waals surface area contributed by atoms with E-state index in [2.05, 4.69) is 10.4 Å². The summed E-state index contributed by atoms with van der Waals surface area (Å²) in [5, 5.41) is 6.28. The van der Waals surface area contributed by atoms with E-state index in [1.165, 1.54) is 6.20 Å². The molecule has 1 aromatic carbocycles. The second kappa shape index (κ2) is 7.20. The van der Waals surface area contributed by atoms with Gasteiger partial charge >= 0.3 is 5.97 Å². The predicted molar refractivity (Wildman–Crippen MR) is 82.6 cm³/mol. The van der Waals surface area contributed by atoms with Crippen molar-refractivity contribution < 1.29 is 23.1 Å². The molecule has 0 spiro atoms. The Morgan fingerprint density at radius 3 is 2.62 bits per heavy atom. The van der Waals surface area contributed by atoms with Gasteiger partial charge in [-0.3, -0.25) is 9.48 Å². The number of amides is 1. The highest BCUT2D eigenvalue weighted by atomic mass is 19.1. The summed E-state index contributed by atoms with van der Waals surface area (Å²) in [4.78, 5) is 23.7. The molecule has 6 nitrogen and oxygen atoms in total. The zero-order valence-electron chi connectivity index (χ0n) is 13.5. The normalized spacial score (nSPS) is 10.8. The van der Waals surface area contributed by atoms with Crippen LogP contribution < -0.4 is 5.32 Å². The minimum absolute atomic E-state index is 0.0799. The van der Waals surface area contributed by atoms with E-state index in [4.69, 9.17) is 4.74 Å². The quantitative estimate of drug-likeness (QED) is 0.852. The average Bonchev–Trinajstić information content (AvgIpc) is 2.89. The molecule has 0 saturated carbocycles. The number of nitrogens with zero attached hydrogens (tertiary/aromatic N) is 2. The first-order valence-electron chi connectivity index (χ1n) is 7.25. The number of carbonyl (C=O) groups is 2. The molecule has 0 fully saturated rings. The molecule has 2 rings (SSSR count). The van der Waals surface area contributed by atoms with E-state index in [0.29, 0.717) is 11.8 Å². The van der Waals surface area contributed by atoms with E-state index < -0.39 is 30.1 Å². The van der Waals surface area contributed by atoms with Crippen molar-refractivity contribution >= 4 is 17.6 Å². The van der Waals surface area contributed by atoms with Gasteiger partial charge in [-0.2, -0.15) is 5.10 Å². The van der Waals surface area contributed by atoms with E-state index in [0.717, 1.165) is 12.1 Å². The van der Waals surface area contributed by atoms with Gasteiger partial charge in [-0.25, -0.2) is 13.6 Å². The van der Waals surface area contributed by atoms with Crippen LogP contribution in [-0.4, -0.2) is 28.3 Å². The highest BCUT2D eigenvalue weighted by molar-refractivity contribution is 5.95. The van der Waals surface area contributed by atoms with Gasteiger partial charge in [0.15, 0.2) is 6.61 Å². The van der Waals surface area contributed by atoms with Crippen molar-refractivity contribution in [2.24, 2.45) is 0 Å². The van der Waals surface area contributed by atoms with Crippen LogP contribution in [0.15, 0.2) is 24.4 Å². The van der Waals surface area contributed by atoms with E-state index in [1.807, 2.05) is 13.8 Å². The van der Waals surface area contributed by atoms with Gasteiger partial charge in [0, 0.05) is 12.1 Å². The molecule has 1 heterocycles. The van der Waals surface area contributed by atoms with Gasteiger partial charge in [-0.1, -0.05) is 0 Å². The molecule has 128 valence electrons. The molecular weight excluding hydrogens is 320 g/mol. The highest BCUT2D eigenvalue weighted by Crippen LogP contribution is 2.16. The smallest absolute Gasteiger partial charge is 0.342 e. The Hall–Kier alpha value is -2.77. The van der Waals surface area contributed by atoms with Gasteiger partial charge < -0.3 is 10.1 Å². The number of hydrogen-bond donors (Lipinski definition) is 1. The summed E-state index contributed by atoms with van der Waals surface area (Å²) in [6.45, 7) is 4.96. The van der Waals surface area contributed by atoms with Crippen LogP contribution in [0.25, 0.3) is 0 Å². The minimum Gasteiger partial charge on any atom is -0.452 e. The van der Waals surface area contributed by atoms with Gasteiger partial charge in [-0.15, -0.1) is 0 Å². The molecule has 0 atom stereocenters. The molecule has 0 aliphatic carbocycles. The average molecular weight is 337 g/mol. The molecule has 8 heteroatoms. The first-order valence-corrected chi connectivity index (χ1v) is 7.25. The fraction of sp³-hybridized carbons (Fsp3) is 0.312. The van der Waals surface area contributed by atoms with Crippen LogP contribution in [-0.2, 0) is 9.53 Å². The standard InChI is InChI=1S/C16H17F2N3O3/c1-9(2)21-10(3)12(7-19-21)16(23)24-8-15(22)20-14-5-4-11(17)6-13(14)18/h4-7,9H,8H2,1-3H3,(H,20,22). The van der Waals surface area contributed by atoms with Crippen molar-refractivity contribution in [3.05, 3.63) is 47.3 Å². The fourth-order valence-corrected chi connectivity index (χ4v) is 2.13. The van der Waals surface area contributed by atoms with Crippen molar-refractivity contribution in [1.29, 1.82) is 0 Å². The third-order valence-electron chi connectivity index (χ3n) is 3.29. The zero-order valence-corrected chi connectivity index (χ0v) is 13.5. The molecule has 0 unspecified atom stereocenters. The molecule has 0 aliphatic heterocycles. The molecular formula is C16H17F2N3O3. The van der Waals surface area contributed by atoms with Crippen LogP contribution in [0.5, 0.6) is 0 Å². The number of carbonyl (C=O) groups excluding carboxylic acids is 2. The third kappa shape index (κ3) is 3.95. The lowest BCUT2D eigenvalue weighted by Crippen LogP contribution is -2.21. The Morgan fingerprint density at radius 2 is 2.04 bits per heavy atom. The number of hydrogen-bond acceptors (Lipinski definition) is 4. The Balaban J connectivity index is 1.95. The molecule has 0 saturated heterocycles. The molecule has 1 aromatic heterocycles. The van der Waals surface area contributed by atoms with Gasteiger partial charge in [0.05, 0.1) is 17.6 Å². The molecule has 0 aliphatic rings. The van der Waals surface area contributed by atoms with Crippen molar-refractivity contribution in [2.45, 2.75) is 26.8 Å². The Morgan fingerprint density at radius 1 is 1.33 bits per heavy atom. The number of halogens is 2. The number of esters is 1. The fourth-order valence-electron chi connectivity index (χ4n) is 2.13. The lowest BCUT2D eigenvalue weighted by Gasteiger charge is -2.09. The minimum atomic E-state index is -0.913. The Labute approximate surface area is 137 Å². The Kier molecular flexibility index (Phi) is 5.28. The number of rotatable bonds is 5. The molecule has 1 amide bonds. The number of ether oxygens (including phenoxy) is 1. The summed E-state index contributed by atoms with van der Waals surface area (Å²) >= 11 is 0. The van der Waals surface area contributed by atoms with Gasteiger partial charge in [0.25, 0.3) is 5.91 Å². The van der Waals surface area contributed by atoms with Gasteiger partial charge in [0.1, 0.15) is 17.2 Å². The second-order valence-corrected chi connectivity index (χ2v) is 5.43. The van der Waals surface area contributed by atoms with Crippen molar-refractivity contribution in [3.8, 4) is 0 Å². The predicted octanol–water partition coefficient (Wildman–Crippen LogP) is 2.85. The lowest BCUT2D eigenvalue weighted by molar-refractivity contribution is -0.119. The third-order valence-corrected chi connectivity index (χ3v) is 3.29. The van der Waals surface area contributed by atoms with Crippen molar-refractivity contribution in [2.75, 3.05) is 11.9 Å². The van der Waals surface area contributed by atoms with Crippen LogP contribution in [0.1, 0.15) is 35.9 Å². The van der Waals surface area contributed by atoms with Crippen LogP contribution in [0.4, 0.5) is 14.5 Å². The molecule has 0 bridgehead atoms. The van der Waals surface area contributed by atoms with Crippen LogP contribution >= 0.6 is 0 Å². The largest absolute Gasteiger partial charge is 0.452 e. The maximum absolute atomic E-state index is 13.4. The van der Waals surface area contributed by atoms with E-state index in [-0.39, 0.29) is 17.3 Å². The first kappa shape index (κ1) is 17.6. The van der Waals surface area contributed by atoms with E-state index >= 15 is 0 Å². The van der Waals surface area contributed by atoms with Crippen molar-refractivity contribution in [3.63, 3.8) is 0 Å². The molecule has 1 N–H and O–H groups in total. The maximum Gasteiger partial charge on any atom is 0.342 e. The number of benzene rings is 1. The van der Waals surface area contributed by atoms with Gasteiger partial charge in [-0.05, 0) is 32.9 Å². The molecule has 24 heavy (non-hydrogen) atoms. The molecule has 2 aromatic rings. The SMILES string of the molecule is Cc1c(C(=O)OCC(=O)Nc2ccc(F)cc2F)cnn1C(C)C. The van der Waals surface area contributed by atoms with Gasteiger partial charge in [0.2, 0.25) is 0 Å². The topological polar surface area (TPSA) is 73.2 Å². The number of anilines is 1. The summed E-state index contributed by atoms with van der Waals surface area (Å²) in [7, 11) is 0. The number of aromatic nitrogens is 2. The summed E-state index contributed by atoms with van der Waals surface area (Å²) in [5.41, 5.74) is 0.686. The Bertz CT molecular complexity index is 772. The summed E-state index contributed by atoms with van der Waals surface area (Å²) in [6.07, 6.45) is 1.37. The van der Waals surface area contributed by atoms with E-state index in [9.17, 15) is 18.4 Å². The van der Waals surface area contributed by atoms with Crippen LogP contribution in [0.2, 0.25) is 0 Å². The summed E-state index contributed by atoms with van der Waals surface area (Å²) in [6, 6.07) is 2.82. The lowest BCUT2D eigenvalue weighted by atomic mass is 10.2. The van der Waals surface area contributed by atoms with Crippen LogP contribution in [0.3, 0.4) is 0 Å². The monoisotopic (exact) mass is 337 g/mol. The molecule has 0 radical (unpaired) electrons. The highest BCUT2D eigenvalue weighted by Gasteiger charge is 2.18. The maximum atomic E-state index is 13.4. The summed E-state index contributed by atoms with van der Waals surface area (Å²) in [5.74, 6) is -3.10. The summed E-state index contributed by atoms with van der Waals surface area (Å²) < 4.78 is 32.8. The second-order valence-electron chi connectivity index (χ2n) is 5.43. The van der Waals surface area contributed by atoms with Crippen LogP contribution in [0, 0.1) is 18.6 Å². The number of nitrogens with one attached hydrogen (secondary N) is 1. The van der Waals surface area contributed by atoms with E-state index in [1.54, 1.807) is 11.6 Å². The van der Waals surface area contributed by atoms with Crippen molar-refractivity contribution in [1.82, 2.24) is 9.78 Å². The first-order chi connectivity index (χ1) is 11.3. The zero-order chi connectivity index (χ0) is 17.9.